The van der Waals surface area contributed by atoms with E-state index in [1.54, 1.807) is 0 Å². The SMILES string of the molecule is CCCN(CCCCOCC(=O)NS(C)(=O)=O)c1cnc(-c2ccccc2)c(-c2ccccc2)n1. The summed E-state index contributed by atoms with van der Waals surface area (Å²) in [6.07, 6.45) is 5.29. The summed E-state index contributed by atoms with van der Waals surface area (Å²) >= 11 is 0. The van der Waals surface area contributed by atoms with Crippen LogP contribution in [0.2, 0.25) is 0 Å². The quantitative estimate of drug-likeness (QED) is 0.358. The molecule has 1 aromatic heterocycles. The van der Waals surface area contributed by atoms with Crippen molar-refractivity contribution in [1.29, 1.82) is 0 Å². The normalized spacial score (nSPS) is 11.3. The van der Waals surface area contributed by atoms with Gasteiger partial charge in [0.15, 0.2) is 0 Å². The summed E-state index contributed by atoms with van der Waals surface area (Å²) in [6, 6.07) is 20.1. The summed E-state index contributed by atoms with van der Waals surface area (Å²) in [7, 11) is -3.56. The van der Waals surface area contributed by atoms with Crippen molar-refractivity contribution in [2.24, 2.45) is 0 Å². The average molecular weight is 497 g/mol. The number of nitrogens with zero attached hydrogens (tertiary/aromatic N) is 3. The van der Waals surface area contributed by atoms with Crippen molar-refractivity contribution in [2.45, 2.75) is 26.2 Å². The fourth-order valence-electron chi connectivity index (χ4n) is 3.66. The predicted molar refractivity (Wildman–Crippen MR) is 138 cm³/mol. The van der Waals surface area contributed by atoms with E-state index in [-0.39, 0.29) is 6.61 Å². The number of ether oxygens (including phenoxy) is 1. The molecular weight excluding hydrogens is 464 g/mol. The zero-order valence-corrected chi connectivity index (χ0v) is 21.0. The van der Waals surface area contributed by atoms with Crippen molar-refractivity contribution in [3.63, 3.8) is 0 Å². The predicted octanol–water partition coefficient (Wildman–Crippen LogP) is 3.90. The molecule has 1 amide bonds. The molecule has 1 heterocycles. The van der Waals surface area contributed by atoms with Crippen LogP contribution in [0.5, 0.6) is 0 Å². The Balaban J connectivity index is 1.67. The Labute approximate surface area is 207 Å². The second-order valence-electron chi connectivity index (χ2n) is 8.20. The Morgan fingerprint density at radius 1 is 0.943 bits per heavy atom. The number of unbranched alkanes of at least 4 members (excludes halogenated alkanes) is 1. The minimum absolute atomic E-state index is 0.279. The number of benzene rings is 2. The standard InChI is InChI=1S/C26H32N4O4S/c1-3-16-30(17-10-11-18-34-20-24(31)29-35(2,32)33)23-19-27-25(21-12-6-4-7-13-21)26(28-23)22-14-8-5-9-15-22/h4-9,12-15,19H,3,10-11,16-18,20H2,1-2H3,(H,29,31). The third kappa shape index (κ3) is 8.45. The fraction of sp³-hybridized carbons (Fsp3) is 0.346. The fourth-order valence-corrected chi connectivity index (χ4v) is 4.13. The Morgan fingerprint density at radius 3 is 2.17 bits per heavy atom. The maximum absolute atomic E-state index is 11.5. The van der Waals surface area contributed by atoms with Gasteiger partial charge in [-0.3, -0.25) is 14.5 Å². The summed E-state index contributed by atoms with van der Waals surface area (Å²) < 4.78 is 29.3. The van der Waals surface area contributed by atoms with E-state index in [4.69, 9.17) is 14.7 Å². The van der Waals surface area contributed by atoms with Crippen molar-refractivity contribution >= 4 is 21.7 Å². The first-order valence-electron chi connectivity index (χ1n) is 11.7. The summed E-state index contributed by atoms with van der Waals surface area (Å²) in [4.78, 5) is 23.6. The number of anilines is 1. The first kappa shape index (κ1) is 26.3. The van der Waals surface area contributed by atoms with Gasteiger partial charge in [0.2, 0.25) is 10.0 Å². The first-order chi connectivity index (χ1) is 16.9. The molecule has 2 aromatic carbocycles. The minimum Gasteiger partial charge on any atom is -0.372 e. The van der Waals surface area contributed by atoms with Gasteiger partial charge in [0.05, 0.1) is 23.8 Å². The summed E-state index contributed by atoms with van der Waals surface area (Å²) in [5.41, 5.74) is 3.72. The molecule has 0 bridgehead atoms. The monoisotopic (exact) mass is 496 g/mol. The van der Waals surface area contributed by atoms with Crippen LogP contribution >= 0.6 is 0 Å². The van der Waals surface area contributed by atoms with Gasteiger partial charge in [-0.05, 0) is 19.3 Å². The van der Waals surface area contributed by atoms with Gasteiger partial charge in [-0.1, -0.05) is 67.6 Å². The molecule has 1 N–H and O–H groups in total. The van der Waals surface area contributed by atoms with Crippen LogP contribution in [-0.2, 0) is 19.6 Å². The van der Waals surface area contributed by atoms with Crippen LogP contribution in [0.15, 0.2) is 66.9 Å². The maximum Gasteiger partial charge on any atom is 0.259 e. The van der Waals surface area contributed by atoms with Gasteiger partial charge in [0.1, 0.15) is 12.4 Å². The molecule has 8 nitrogen and oxygen atoms in total. The third-order valence-corrected chi connectivity index (χ3v) is 5.77. The van der Waals surface area contributed by atoms with Crippen LogP contribution in [0.3, 0.4) is 0 Å². The number of rotatable bonds is 13. The van der Waals surface area contributed by atoms with Gasteiger partial charge in [0.25, 0.3) is 5.91 Å². The molecule has 3 aromatic rings. The molecule has 0 unspecified atom stereocenters. The molecule has 3 rings (SSSR count). The zero-order chi connectivity index (χ0) is 25.1. The summed E-state index contributed by atoms with van der Waals surface area (Å²) in [5, 5.41) is 0. The highest BCUT2D eigenvalue weighted by Crippen LogP contribution is 2.30. The molecule has 0 aliphatic heterocycles. The maximum atomic E-state index is 11.5. The van der Waals surface area contributed by atoms with E-state index in [1.165, 1.54) is 0 Å². The molecule has 0 aliphatic carbocycles. The largest absolute Gasteiger partial charge is 0.372 e. The second-order valence-corrected chi connectivity index (χ2v) is 9.95. The van der Waals surface area contributed by atoms with Crippen LogP contribution < -0.4 is 9.62 Å². The lowest BCUT2D eigenvalue weighted by Gasteiger charge is -2.24. The molecule has 0 atom stereocenters. The van der Waals surface area contributed by atoms with E-state index < -0.39 is 15.9 Å². The van der Waals surface area contributed by atoms with E-state index in [0.29, 0.717) is 6.61 Å². The zero-order valence-electron chi connectivity index (χ0n) is 20.2. The smallest absolute Gasteiger partial charge is 0.259 e. The van der Waals surface area contributed by atoms with Crippen molar-refractivity contribution in [3.05, 3.63) is 66.9 Å². The molecule has 0 radical (unpaired) electrons. The van der Waals surface area contributed by atoms with Crippen molar-refractivity contribution in [3.8, 4) is 22.5 Å². The van der Waals surface area contributed by atoms with E-state index in [9.17, 15) is 13.2 Å². The molecule has 0 aliphatic rings. The van der Waals surface area contributed by atoms with E-state index in [2.05, 4.69) is 11.8 Å². The Kier molecular flexibility index (Phi) is 9.75. The van der Waals surface area contributed by atoms with E-state index in [1.807, 2.05) is 71.6 Å². The lowest BCUT2D eigenvalue weighted by molar-refractivity contribution is -0.123. The van der Waals surface area contributed by atoms with Crippen LogP contribution in [0.4, 0.5) is 5.82 Å². The van der Waals surface area contributed by atoms with Crippen LogP contribution in [-0.4, -0.2) is 56.9 Å². The number of sulfonamides is 1. The Bertz CT molecular complexity index is 1190. The van der Waals surface area contributed by atoms with E-state index >= 15 is 0 Å². The molecule has 9 heteroatoms. The molecule has 0 saturated heterocycles. The second kappa shape index (κ2) is 13.0. The Hall–Kier alpha value is -3.30. The highest BCUT2D eigenvalue weighted by atomic mass is 32.2. The topological polar surface area (TPSA) is 101 Å². The number of carbonyl (C=O) groups excluding carboxylic acids is 1. The highest BCUT2D eigenvalue weighted by Gasteiger charge is 2.15. The van der Waals surface area contributed by atoms with Crippen molar-refractivity contribution < 1.29 is 17.9 Å². The summed E-state index contributed by atoms with van der Waals surface area (Å²) in [5.74, 6) is 0.154. The van der Waals surface area contributed by atoms with Gasteiger partial charge in [-0.15, -0.1) is 0 Å². The average Bonchev–Trinajstić information content (AvgIpc) is 2.85. The van der Waals surface area contributed by atoms with Crippen molar-refractivity contribution in [2.75, 3.05) is 37.5 Å². The molecular formula is C26H32N4O4S. The van der Waals surface area contributed by atoms with Gasteiger partial charge in [-0.25, -0.2) is 13.4 Å². The van der Waals surface area contributed by atoms with Gasteiger partial charge < -0.3 is 9.64 Å². The lowest BCUT2D eigenvalue weighted by Crippen LogP contribution is -2.32. The number of hydrogen-bond acceptors (Lipinski definition) is 7. The lowest BCUT2D eigenvalue weighted by atomic mass is 10.0. The Morgan fingerprint density at radius 2 is 1.57 bits per heavy atom. The van der Waals surface area contributed by atoms with Gasteiger partial charge >= 0.3 is 0 Å². The van der Waals surface area contributed by atoms with Crippen LogP contribution in [0.25, 0.3) is 22.5 Å². The number of nitrogens with one attached hydrogen (secondary N) is 1. The number of carbonyl (C=O) groups is 1. The van der Waals surface area contributed by atoms with E-state index in [0.717, 1.165) is 66.9 Å². The molecule has 0 saturated carbocycles. The molecule has 0 fully saturated rings. The van der Waals surface area contributed by atoms with Crippen molar-refractivity contribution in [1.82, 2.24) is 14.7 Å². The van der Waals surface area contributed by atoms with Gasteiger partial charge in [0, 0.05) is 30.8 Å². The van der Waals surface area contributed by atoms with Crippen LogP contribution in [0, 0.1) is 0 Å². The molecule has 0 spiro atoms. The minimum atomic E-state index is -3.56. The first-order valence-corrected chi connectivity index (χ1v) is 13.6. The third-order valence-electron chi connectivity index (χ3n) is 5.17. The number of aromatic nitrogens is 2. The van der Waals surface area contributed by atoms with Gasteiger partial charge in [-0.2, -0.15) is 0 Å². The summed E-state index contributed by atoms with van der Waals surface area (Å²) in [6.45, 7) is 3.82. The number of amides is 1. The number of hydrogen-bond donors (Lipinski definition) is 1. The van der Waals surface area contributed by atoms with Crippen LogP contribution in [0.1, 0.15) is 26.2 Å². The molecule has 35 heavy (non-hydrogen) atoms. The molecule has 186 valence electrons. The highest BCUT2D eigenvalue weighted by molar-refractivity contribution is 7.89.